The number of piperidine rings is 6. The number of amides is 3. The van der Waals surface area contributed by atoms with Crippen LogP contribution in [0, 0.1) is 5.82 Å². The van der Waals surface area contributed by atoms with Crippen molar-refractivity contribution >= 4 is 119 Å². The molecule has 9 fully saturated rings. The van der Waals surface area contributed by atoms with Crippen LogP contribution >= 0.6 is 47.8 Å². The summed E-state index contributed by atoms with van der Waals surface area (Å²) in [6.45, 7) is 36.2. The fourth-order valence-electron chi connectivity index (χ4n) is 17.1. The molecule has 0 bridgehead atoms. The lowest BCUT2D eigenvalue weighted by atomic mass is 9.75. The lowest BCUT2D eigenvalue weighted by Gasteiger charge is -2.39. The molecular weight excluding hydrogens is 2110 g/mol. The zero-order chi connectivity index (χ0) is 106. The fraction of sp³-hybridized carbons (Fsp3) is 0.600. The summed E-state index contributed by atoms with van der Waals surface area (Å²) in [5, 5.41) is 3.28. The van der Waals surface area contributed by atoms with Gasteiger partial charge in [-0.2, -0.15) is 65.9 Å². The number of Topliss-reactive ketones (excluding diaryl/α,β-unsaturated/α-hetero) is 3. The first-order chi connectivity index (χ1) is 66.4. The van der Waals surface area contributed by atoms with Gasteiger partial charge in [0.25, 0.3) is 0 Å². The molecule has 11 aliphatic rings. The minimum Gasteiger partial charge on any atom is -0.444 e. The molecule has 0 saturated carbocycles. The average molecular weight is 2230 g/mol. The molecule has 0 atom stereocenters. The normalized spacial score (nSPS) is 20.2. The molecule has 11 aliphatic heterocycles. The number of benzene rings is 5. The molecular formula is C100H126BBr3F16N8O15. The maximum atomic E-state index is 13.3. The minimum atomic E-state index is -4.48. The van der Waals surface area contributed by atoms with Gasteiger partial charge in [-0.05, 0) is 265 Å². The zero-order valence-corrected chi connectivity index (χ0v) is 87.2. The van der Waals surface area contributed by atoms with E-state index in [1.165, 1.54) is 36.4 Å². The van der Waals surface area contributed by atoms with Crippen LogP contribution in [0.3, 0.4) is 0 Å². The third kappa shape index (κ3) is 34.1. The van der Waals surface area contributed by atoms with Crippen LogP contribution in [0.2, 0.25) is 0 Å². The van der Waals surface area contributed by atoms with Crippen LogP contribution in [0.1, 0.15) is 225 Å². The van der Waals surface area contributed by atoms with E-state index in [2.05, 4.69) is 53.1 Å². The number of ketones is 3. The molecule has 0 aliphatic carbocycles. The molecule has 3 amide bonds. The molecule has 2 spiro atoms. The second-order valence-electron chi connectivity index (χ2n) is 40.2. The molecule has 11 heterocycles. The summed E-state index contributed by atoms with van der Waals surface area (Å²) in [6, 6.07) is 17.3. The van der Waals surface area contributed by atoms with Crippen LogP contribution in [0.15, 0.2) is 122 Å². The number of nitrogens with one attached hydrogen (secondary N) is 1. The molecule has 5 aromatic carbocycles. The molecule has 9 saturated heterocycles. The number of anilines is 4. The summed E-state index contributed by atoms with van der Waals surface area (Å²) < 4.78 is 257. The van der Waals surface area contributed by atoms with Crippen LogP contribution in [-0.2, 0) is 87.7 Å². The maximum Gasteiger partial charge on any atom is 0.490 e. The third-order valence-electron chi connectivity index (χ3n) is 25.6. The molecule has 792 valence electrons. The molecule has 23 nitrogen and oxygen atoms in total. The van der Waals surface area contributed by atoms with Crippen molar-refractivity contribution in [2.75, 3.05) is 151 Å². The number of carbonyl (C=O) groups excluding carboxylic acids is 6. The van der Waals surface area contributed by atoms with Gasteiger partial charge < -0.3 is 82.1 Å². The van der Waals surface area contributed by atoms with E-state index >= 15 is 0 Å². The highest BCUT2D eigenvalue weighted by molar-refractivity contribution is 9.11. The van der Waals surface area contributed by atoms with E-state index in [9.17, 15) is 99.0 Å². The molecule has 43 heteroatoms. The molecule has 5 aromatic rings. The molecule has 143 heavy (non-hydrogen) atoms. The second-order valence-corrected chi connectivity index (χ2v) is 42.7. The van der Waals surface area contributed by atoms with E-state index in [1.54, 1.807) is 46.4 Å². The number of carbonyl (C=O) groups is 6. The Labute approximate surface area is 849 Å². The lowest BCUT2D eigenvalue weighted by Crippen LogP contribution is -2.45. The van der Waals surface area contributed by atoms with Gasteiger partial charge in [0.05, 0.1) is 81.3 Å². The van der Waals surface area contributed by atoms with Crippen molar-refractivity contribution in [1.82, 2.24) is 20.0 Å². The second kappa shape index (κ2) is 48.3. The summed E-state index contributed by atoms with van der Waals surface area (Å²) >= 11 is 9.34. The standard InChI is InChI=1S/C22H29F3N2O3.C22H27F3N2O3.C16H28BNO4.C14H15BrF3NO2.C12H11BrF3NO.C7H3BrF4.C7H13NO2/c2*1-21(2,3)30-20(29)27-10-6-15(7-11-27)18-5-4-16(22(23,24)25)14-19(18)26-12-8-17(28)9-13-26;1-14(2,3)20-13(19)18-10-8-12(9-11-18)17-21-15(4,5)16(6,7)22-17;15-11-2-1-10(14(16,17)18)9-12(11)19-5-3-13(4-6-19)20-7-8-21-13;13-10-2-1-8(12(14,15)16)7-11(10)17-5-3-9(18)4-6-17;8-5-2-1-4(3-6(5)9)7(10,11)12;1-3-8-4-2-7(1)9-5-6-10-7/h4-5,14-15H,6-13H2,1-3H3;4-6,14H,7-13H2,1-3H3;8H,9-11H2,1-7H3;1-2,9H,3-8H2;1-2,7H,3-6H2;1-3H;8H,1-6H2. The highest BCUT2D eigenvalue weighted by atomic mass is 79.9. The van der Waals surface area contributed by atoms with E-state index in [1.807, 2.05) is 96.1 Å². The van der Waals surface area contributed by atoms with Gasteiger partial charge in [0, 0.05) is 195 Å². The predicted molar refractivity (Wildman–Crippen MR) is 519 cm³/mol. The van der Waals surface area contributed by atoms with E-state index in [4.69, 9.17) is 42.5 Å². The van der Waals surface area contributed by atoms with Gasteiger partial charge in [-0.15, -0.1) is 0 Å². The van der Waals surface area contributed by atoms with Crippen LogP contribution in [0.4, 0.5) is 107 Å². The van der Waals surface area contributed by atoms with E-state index in [-0.39, 0.29) is 64.0 Å². The minimum absolute atomic E-state index is 0.0236. The Bertz CT molecular complexity index is 5210. The summed E-state index contributed by atoms with van der Waals surface area (Å²) in [6.07, 6.45) is -11.1. The van der Waals surface area contributed by atoms with Gasteiger partial charge in [0.1, 0.15) is 40.0 Å². The first-order valence-electron chi connectivity index (χ1n) is 47.6. The van der Waals surface area contributed by atoms with Crippen LogP contribution in [-0.4, -0.2) is 228 Å². The van der Waals surface area contributed by atoms with Crippen molar-refractivity contribution in [3.8, 4) is 0 Å². The first kappa shape index (κ1) is 117. The largest absolute Gasteiger partial charge is 0.490 e. The SMILES string of the molecule is C1CC2(CCN1)OCCO2.CC(C)(C)OC(=O)N1CC=C(B2OC(C)(C)C(C)(C)O2)CC1.CC(C)(C)OC(=O)N1CC=C(c2ccc(C(F)(F)F)cc2N2CCC(=O)CC2)CC1.CC(C)(C)OC(=O)N1CCC(c2ccc(C(F)(F)F)cc2N2CCC(=O)CC2)CC1.FC(F)(F)c1ccc(Br)c(N2CCC3(CC2)OCCO3)c1.Fc1cc(C(F)(F)F)ccc1Br.O=C1CCN(c2cc(C(F)(F)F)ccc2Br)CC1. The van der Waals surface area contributed by atoms with Gasteiger partial charge >= 0.3 is 56.3 Å². The van der Waals surface area contributed by atoms with E-state index in [0.29, 0.717) is 213 Å². The summed E-state index contributed by atoms with van der Waals surface area (Å²) in [4.78, 5) is 83.4. The van der Waals surface area contributed by atoms with Gasteiger partial charge in [-0.3, -0.25) is 14.4 Å². The number of hydrogen-bond donors (Lipinski definition) is 1. The highest BCUT2D eigenvalue weighted by Crippen LogP contribution is 2.47. The van der Waals surface area contributed by atoms with E-state index < -0.39 is 93.2 Å². The van der Waals surface area contributed by atoms with Crippen molar-refractivity contribution in [3.63, 3.8) is 0 Å². The van der Waals surface area contributed by atoms with Gasteiger partial charge in [-0.25, -0.2) is 18.8 Å². The number of nitrogens with zero attached hydrogens (tertiary/aromatic N) is 7. The van der Waals surface area contributed by atoms with Crippen LogP contribution < -0.4 is 24.9 Å². The zero-order valence-electron chi connectivity index (χ0n) is 82.4. The number of hydrogen-bond acceptors (Lipinski definition) is 20. The fourth-order valence-corrected chi connectivity index (χ4v) is 18.3. The highest BCUT2D eigenvalue weighted by Gasteiger charge is 2.53. The van der Waals surface area contributed by atoms with E-state index in [0.717, 1.165) is 110 Å². The summed E-state index contributed by atoms with van der Waals surface area (Å²) in [5.74, 6) is -1.14. The predicted octanol–water partition coefficient (Wildman–Crippen LogP) is 24.2. The monoisotopic (exact) mass is 2230 g/mol. The quantitative estimate of drug-likeness (QED) is 0.0909. The number of halogens is 19. The average Bonchev–Trinajstić information content (AvgIpc) is 1.68. The van der Waals surface area contributed by atoms with Crippen molar-refractivity contribution in [3.05, 3.63) is 167 Å². The number of rotatable bonds is 7. The topological polar surface area (TPSA) is 220 Å². The molecule has 0 aromatic heterocycles. The molecule has 0 unspecified atom stereocenters. The first-order valence-corrected chi connectivity index (χ1v) is 49.9. The molecule has 0 radical (unpaired) electrons. The van der Waals surface area contributed by atoms with Crippen molar-refractivity contribution in [2.24, 2.45) is 0 Å². The van der Waals surface area contributed by atoms with Crippen molar-refractivity contribution in [2.45, 2.75) is 256 Å². The Morgan fingerprint density at radius 1 is 0.385 bits per heavy atom. The summed E-state index contributed by atoms with van der Waals surface area (Å²) in [5.41, 5.74) is -0.236. The maximum absolute atomic E-state index is 13.3. The Morgan fingerprint density at radius 2 is 0.713 bits per heavy atom. The number of ether oxygens (including phenoxy) is 7. The third-order valence-corrected chi connectivity index (χ3v) is 27.5. The Hall–Kier alpha value is -8.30. The molecule has 16 rings (SSSR count). The number of alkyl halides is 15. The Morgan fingerprint density at radius 3 is 1.08 bits per heavy atom. The summed E-state index contributed by atoms with van der Waals surface area (Å²) in [7, 11) is -0.314. The lowest BCUT2D eigenvalue weighted by molar-refractivity contribution is -0.172. The molecule has 1 N–H and O–H groups in total. The Balaban J connectivity index is 0.000000176. The van der Waals surface area contributed by atoms with Crippen LogP contribution in [0.25, 0.3) is 5.57 Å². The van der Waals surface area contributed by atoms with Gasteiger partial charge in [0.15, 0.2) is 11.6 Å². The van der Waals surface area contributed by atoms with Crippen molar-refractivity contribution in [1.29, 1.82) is 0 Å². The van der Waals surface area contributed by atoms with Gasteiger partial charge in [-0.1, -0.05) is 24.3 Å². The van der Waals surface area contributed by atoms with Crippen molar-refractivity contribution < 1.29 is 141 Å². The number of likely N-dealkylation sites (tertiary alicyclic amines) is 1. The van der Waals surface area contributed by atoms with Crippen LogP contribution in [0.5, 0.6) is 0 Å². The smallest absolute Gasteiger partial charge is 0.444 e. The Kier molecular flexibility index (Phi) is 39.4. The van der Waals surface area contributed by atoms with Gasteiger partial charge in [0.2, 0.25) is 0 Å².